The number of halogens is 1. The highest BCUT2D eigenvalue weighted by Gasteiger charge is 2.21. The molecule has 0 spiro atoms. The van der Waals surface area contributed by atoms with Crippen LogP contribution in [0.25, 0.3) is 0 Å². The van der Waals surface area contributed by atoms with Crippen molar-refractivity contribution in [2.45, 2.75) is 18.9 Å². The van der Waals surface area contributed by atoms with Crippen LogP contribution in [0.15, 0.2) is 12.3 Å². The number of aromatic carboxylic acids is 1. The summed E-state index contributed by atoms with van der Waals surface area (Å²) in [6, 6.07) is 1.50. The molecule has 0 saturated carbocycles. The van der Waals surface area contributed by atoms with E-state index in [0.29, 0.717) is 12.4 Å². The number of nitrogens with zero attached hydrogens (tertiary/aromatic N) is 2. The minimum Gasteiger partial charge on any atom is -0.478 e. The van der Waals surface area contributed by atoms with Crippen molar-refractivity contribution in [1.82, 2.24) is 4.98 Å². The molecule has 20 heavy (non-hydrogen) atoms. The van der Waals surface area contributed by atoms with Crippen LogP contribution in [0, 0.1) is 0 Å². The number of piperidine rings is 1. The van der Waals surface area contributed by atoms with Crippen LogP contribution < -0.4 is 4.90 Å². The summed E-state index contributed by atoms with van der Waals surface area (Å²) in [5.74, 6) is -0.438. The van der Waals surface area contributed by atoms with Gasteiger partial charge < -0.3 is 19.8 Å². The lowest BCUT2D eigenvalue weighted by atomic mass is 10.1. The van der Waals surface area contributed by atoms with E-state index in [1.54, 1.807) is 0 Å². The van der Waals surface area contributed by atoms with Gasteiger partial charge in [-0.2, -0.15) is 0 Å². The number of anilines is 1. The molecule has 0 atom stereocenters. The van der Waals surface area contributed by atoms with Crippen LogP contribution in [-0.4, -0.2) is 53.6 Å². The van der Waals surface area contributed by atoms with Crippen molar-refractivity contribution in [3.8, 4) is 0 Å². The molecule has 1 aliphatic heterocycles. The maximum atomic E-state index is 11.1. The Balaban J connectivity index is 2.00. The topological polar surface area (TPSA) is 82.9 Å². The summed E-state index contributed by atoms with van der Waals surface area (Å²) in [4.78, 5) is 17.3. The van der Waals surface area contributed by atoms with Crippen molar-refractivity contribution in [1.29, 1.82) is 0 Å². The lowest BCUT2D eigenvalue weighted by Crippen LogP contribution is -2.37. The summed E-state index contributed by atoms with van der Waals surface area (Å²) in [5, 5.41) is 17.9. The first-order valence-corrected chi connectivity index (χ1v) is 6.86. The summed E-state index contributed by atoms with van der Waals surface area (Å²) in [6.45, 7) is 1.86. The molecule has 2 heterocycles. The second-order valence-corrected chi connectivity index (χ2v) is 5.02. The molecule has 7 heteroatoms. The molecule has 0 radical (unpaired) electrons. The molecule has 0 aromatic carbocycles. The summed E-state index contributed by atoms with van der Waals surface area (Å²) < 4.78 is 5.49. The molecule has 1 aromatic heterocycles. The number of aliphatic hydroxyl groups is 1. The molecule has 1 fully saturated rings. The van der Waals surface area contributed by atoms with E-state index < -0.39 is 5.97 Å². The van der Waals surface area contributed by atoms with Crippen molar-refractivity contribution >= 4 is 23.4 Å². The fourth-order valence-electron chi connectivity index (χ4n) is 2.24. The van der Waals surface area contributed by atoms with Crippen molar-refractivity contribution in [3.63, 3.8) is 0 Å². The van der Waals surface area contributed by atoms with E-state index in [4.69, 9.17) is 26.6 Å². The van der Waals surface area contributed by atoms with E-state index in [1.165, 1.54) is 12.3 Å². The highest BCUT2D eigenvalue weighted by Crippen LogP contribution is 2.24. The van der Waals surface area contributed by atoms with E-state index in [1.807, 2.05) is 4.90 Å². The number of hydrogen-bond acceptors (Lipinski definition) is 5. The van der Waals surface area contributed by atoms with Gasteiger partial charge in [0.2, 0.25) is 0 Å². The number of carbonyl (C=O) groups is 1. The standard InChI is InChI=1S/C13H17ClN2O4/c14-11-8-15-12(7-10(11)13(18)19)16-3-1-9(2-4-16)20-6-5-17/h7-9,17H,1-6H2,(H,18,19). The van der Waals surface area contributed by atoms with Crippen LogP contribution in [0.2, 0.25) is 5.02 Å². The monoisotopic (exact) mass is 300 g/mol. The molecule has 0 bridgehead atoms. The first-order valence-electron chi connectivity index (χ1n) is 6.48. The molecule has 0 aliphatic carbocycles. The van der Waals surface area contributed by atoms with Gasteiger partial charge in [-0.05, 0) is 18.9 Å². The number of hydrogen-bond donors (Lipinski definition) is 2. The zero-order chi connectivity index (χ0) is 14.5. The van der Waals surface area contributed by atoms with E-state index in [2.05, 4.69) is 4.98 Å². The molecule has 1 saturated heterocycles. The molecule has 6 nitrogen and oxygen atoms in total. The Kier molecular flexibility index (Phi) is 5.17. The number of aliphatic hydroxyl groups excluding tert-OH is 1. The van der Waals surface area contributed by atoms with E-state index in [-0.39, 0.29) is 23.3 Å². The number of pyridine rings is 1. The molecular formula is C13H17ClN2O4. The normalized spacial score (nSPS) is 16.4. The highest BCUT2D eigenvalue weighted by atomic mass is 35.5. The zero-order valence-corrected chi connectivity index (χ0v) is 11.7. The van der Waals surface area contributed by atoms with E-state index in [9.17, 15) is 4.79 Å². The van der Waals surface area contributed by atoms with E-state index in [0.717, 1.165) is 25.9 Å². The van der Waals surface area contributed by atoms with Crippen LogP contribution in [0.1, 0.15) is 23.2 Å². The van der Waals surface area contributed by atoms with Gasteiger partial charge in [0.05, 0.1) is 29.9 Å². The largest absolute Gasteiger partial charge is 0.478 e. The van der Waals surface area contributed by atoms with E-state index >= 15 is 0 Å². The summed E-state index contributed by atoms with van der Waals surface area (Å²) in [5.41, 5.74) is 0.0651. The Labute approximate surface area is 121 Å². The zero-order valence-electron chi connectivity index (χ0n) is 11.0. The molecule has 0 amide bonds. The second kappa shape index (κ2) is 6.88. The molecule has 110 valence electrons. The van der Waals surface area contributed by atoms with Crippen LogP contribution >= 0.6 is 11.6 Å². The Morgan fingerprint density at radius 2 is 2.20 bits per heavy atom. The molecular weight excluding hydrogens is 284 g/mol. The third-order valence-corrected chi connectivity index (χ3v) is 3.58. The first-order chi connectivity index (χ1) is 9.61. The number of carboxylic acid groups (broad SMARTS) is 1. The predicted molar refractivity (Wildman–Crippen MR) is 74.5 cm³/mol. The van der Waals surface area contributed by atoms with Gasteiger partial charge in [-0.3, -0.25) is 0 Å². The lowest BCUT2D eigenvalue weighted by Gasteiger charge is -2.32. The summed E-state index contributed by atoms with van der Waals surface area (Å²) in [6.07, 6.45) is 3.17. The molecule has 2 rings (SSSR count). The van der Waals surface area contributed by atoms with Crippen LogP contribution in [0.5, 0.6) is 0 Å². The second-order valence-electron chi connectivity index (χ2n) is 4.61. The van der Waals surface area contributed by atoms with Gasteiger partial charge in [-0.15, -0.1) is 0 Å². The Morgan fingerprint density at radius 3 is 2.80 bits per heavy atom. The predicted octanol–water partition coefficient (Wildman–Crippen LogP) is 1.41. The van der Waals surface area contributed by atoms with Gasteiger partial charge in [0.1, 0.15) is 5.82 Å². The van der Waals surface area contributed by atoms with Crippen LogP contribution in [0.4, 0.5) is 5.82 Å². The maximum absolute atomic E-state index is 11.1. The maximum Gasteiger partial charge on any atom is 0.337 e. The number of rotatable bonds is 5. The SMILES string of the molecule is O=C(O)c1cc(N2CCC(OCCO)CC2)ncc1Cl. The average molecular weight is 301 g/mol. The molecule has 2 N–H and O–H groups in total. The average Bonchev–Trinajstić information content (AvgIpc) is 2.46. The van der Waals surface area contributed by atoms with Crippen molar-refractivity contribution < 1.29 is 19.7 Å². The first kappa shape index (κ1) is 15.0. The summed E-state index contributed by atoms with van der Waals surface area (Å²) >= 11 is 5.80. The van der Waals surface area contributed by atoms with Crippen LogP contribution in [0.3, 0.4) is 0 Å². The quantitative estimate of drug-likeness (QED) is 0.855. The minimum absolute atomic E-state index is 0.0287. The minimum atomic E-state index is -1.06. The number of ether oxygens (including phenoxy) is 1. The summed E-state index contributed by atoms with van der Waals surface area (Å²) in [7, 11) is 0. The Bertz CT molecular complexity index is 475. The molecule has 0 unspecified atom stereocenters. The van der Waals surface area contributed by atoms with Gasteiger partial charge in [-0.25, -0.2) is 9.78 Å². The van der Waals surface area contributed by atoms with Crippen molar-refractivity contribution in [2.24, 2.45) is 0 Å². The van der Waals surface area contributed by atoms with Crippen molar-refractivity contribution in [3.05, 3.63) is 22.8 Å². The van der Waals surface area contributed by atoms with Gasteiger partial charge in [0, 0.05) is 19.3 Å². The number of carboxylic acids is 1. The van der Waals surface area contributed by atoms with Crippen molar-refractivity contribution in [2.75, 3.05) is 31.2 Å². The van der Waals surface area contributed by atoms with Gasteiger partial charge >= 0.3 is 5.97 Å². The third kappa shape index (κ3) is 3.59. The molecule has 1 aromatic rings. The van der Waals surface area contributed by atoms with Crippen LogP contribution in [-0.2, 0) is 4.74 Å². The fourth-order valence-corrected chi connectivity index (χ4v) is 2.42. The fraction of sp³-hybridized carbons (Fsp3) is 0.538. The lowest BCUT2D eigenvalue weighted by molar-refractivity contribution is 0.0158. The smallest absolute Gasteiger partial charge is 0.337 e. The Morgan fingerprint density at radius 1 is 1.50 bits per heavy atom. The third-order valence-electron chi connectivity index (χ3n) is 3.28. The van der Waals surface area contributed by atoms with Gasteiger partial charge in [0.15, 0.2) is 0 Å². The number of aromatic nitrogens is 1. The van der Waals surface area contributed by atoms with Gasteiger partial charge in [-0.1, -0.05) is 11.6 Å². The highest BCUT2D eigenvalue weighted by molar-refractivity contribution is 6.33. The Hall–Kier alpha value is -1.37. The van der Waals surface area contributed by atoms with Gasteiger partial charge in [0.25, 0.3) is 0 Å². The molecule has 1 aliphatic rings.